The maximum atomic E-state index is 17.6. The van der Waals surface area contributed by atoms with Crippen LogP contribution >= 0.6 is 39.1 Å². The number of nitrogen functional groups attached to an aromatic ring is 4. The number of phosphoric acid groups is 5. The molecule has 620 valence electrons. The van der Waals surface area contributed by atoms with Crippen LogP contribution in [0.15, 0.2) is 69.4 Å². The van der Waals surface area contributed by atoms with E-state index in [1.54, 1.807) is 6.92 Å². The average Bonchev–Trinajstić information content (AvgIpc) is 1.63. The van der Waals surface area contributed by atoms with Gasteiger partial charge < -0.3 is 90.2 Å². The lowest BCUT2D eigenvalue weighted by molar-refractivity contribution is -0.0660. The van der Waals surface area contributed by atoms with Crippen LogP contribution in [0, 0.1) is 0 Å². The predicted octanol–water partition coefficient (Wildman–Crippen LogP) is -2.08. The molecule has 9 aromatic rings. The zero-order valence-electron chi connectivity index (χ0n) is 58.5. The van der Waals surface area contributed by atoms with Crippen LogP contribution in [0.25, 0.3) is 44.7 Å². The van der Waals surface area contributed by atoms with E-state index in [2.05, 4.69) is 59.8 Å². The number of nitrogens with one attached hydrogen (secondary N) is 3. The molecule has 5 fully saturated rings. The molecule has 5 aliphatic rings. The lowest BCUT2D eigenvalue weighted by atomic mass is 10.1. The SMILES string of the molecule is CC[C@H]1O[C@@H](n2cnc3c(=O)[nH]c(N)nc32)[C@@H](OC)C1OP(=O)(O)OC[C@H]1O[C@@H](n2ccc(=O)[nH]c2=O)[C@@H](OC)C1OP(=O)(O)OC[C@H]1O[C@@H](n2cnc3c(=O)[nH]c(N)nc32)[C@@H](F)C1OP(=O)(O)OC[C@H]1O[C@@H](n2cnc3c(N)ncnc32)[C@@H](OC)C1OP(=O)(O)OC[C@H]1O[C@@H](n2cnc3c(N)ncnc32)[C@@H](F)C1OP(=O)(O)O. The molecule has 9 unspecified atom stereocenters. The molecule has 9 aromatic heterocycles. The molecule has 14 rings (SSSR count). The van der Waals surface area contributed by atoms with Crippen molar-refractivity contribution in [1.82, 2.24) is 87.6 Å². The molecule has 0 amide bonds. The van der Waals surface area contributed by atoms with E-state index in [-0.39, 0.29) is 57.5 Å². The Morgan fingerprint density at radius 3 is 1.16 bits per heavy atom. The van der Waals surface area contributed by atoms with Crippen molar-refractivity contribution >= 4 is 107 Å². The lowest BCUT2D eigenvalue weighted by Crippen LogP contribution is -2.40. The zero-order chi connectivity index (χ0) is 81.6. The number of methoxy groups -OCH3 is 3. The fourth-order valence-electron chi connectivity index (χ4n) is 13.4. The number of fused-ring (bicyclic) bond motifs is 4. The van der Waals surface area contributed by atoms with Crippen molar-refractivity contribution in [2.24, 2.45) is 0 Å². The summed E-state index contributed by atoms with van der Waals surface area (Å²) in [5.74, 6) is -1.12. The first-order valence-electron chi connectivity index (χ1n) is 33.1. The second-order valence-corrected chi connectivity index (χ2v) is 32.2. The Balaban J connectivity index is 0.712. The summed E-state index contributed by atoms with van der Waals surface area (Å²) in [7, 11) is -25.4. The van der Waals surface area contributed by atoms with Crippen LogP contribution in [0.2, 0.25) is 0 Å². The molecule has 14 heterocycles. The minimum Gasteiger partial charge on any atom is -0.382 e. The fraction of sp³-hybridized carbons (Fsp3) is 0.547. The third-order valence-corrected chi connectivity index (χ3v) is 22.9. The first-order valence-corrected chi connectivity index (χ1v) is 40.6. The van der Waals surface area contributed by atoms with Gasteiger partial charge in [-0.1, -0.05) is 6.92 Å². The molecule has 0 bridgehead atoms. The second-order valence-electron chi connectivity index (χ2n) is 25.4. The van der Waals surface area contributed by atoms with Gasteiger partial charge in [-0.3, -0.25) is 92.9 Å². The number of imidazole rings is 4. The maximum absolute atomic E-state index is 17.6. The molecule has 17 N–H and O–H groups in total. The van der Waals surface area contributed by atoms with Crippen molar-refractivity contribution in [1.29, 1.82) is 0 Å². The molecule has 61 heteroatoms. The highest BCUT2D eigenvalue weighted by Gasteiger charge is 2.58. The molecular weight excluding hydrogens is 1650 g/mol. The number of alkyl halides is 2. The summed E-state index contributed by atoms with van der Waals surface area (Å²) in [6.45, 7) is -3.52. The number of rotatable bonds is 31. The maximum Gasteiger partial charge on any atom is 0.472 e. The Bertz CT molecular complexity index is 5600. The van der Waals surface area contributed by atoms with Gasteiger partial charge in [0.1, 0.15) is 96.9 Å². The van der Waals surface area contributed by atoms with Gasteiger partial charge in [0.2, 0.25) is 11.9 Å². The van der Waals surface area contributed by atoms with Gasteiger partial charge in [-0.2, -0.15) is 9.97 Å². The van der Waals surface area contributed by atoms with Gasteiger partial charge in [0, 0.05) is 33.6 Å². The Labute approximate surface area is 631 Å². The monoisotopic (exact) mass is 1720 g/mol. The Morgan fingerprint density at radius 2 is 0.763 bits per heavy atom. The van der Waals surface area contributed by atoms with Gasteiger partial charge in [-0.05, 0) is 6.42 Å². The summed E-state index contributed by atoms with van der Waals surface area (Å²) >= 11 is 0. The van der Waals surface area contributed by atoms with Gasteiger partial charge in [-0.15, -0.1) is 0 Å². The van der Waals surface area contributed by atoms with Crippen molar-refractivity contribution < 1.29 is 140 Å². The molecule has 5 saturated heterocycles. The summed E-state index contributed by atoms with van der Waals surface area (Å²) < 4.78 is 205. The van der Waals surface area contributed by atoms with E-state index in [0.717, 1.165) is 76.4 Å². The molecular formula is C53H67F2N22O32P5. The molecule has 24 atom stereocenters. The Morgan fingerprint density at radius 1 is 0.430 bits per heavy atom. The van der Waals surface area contributed by atoms with Crippen LogP contribution in [-0.4, -0.2) is 256 Å². The van der Waals surface area contributed by atoms with Gasteiger partial charge in [0.25, 0.3) is 16.7 Å². The zero-order valence-corrected chi connectivity index (χ0v) is 63.0. The second kappa shape index (κ2) is 32.0. The molecule has 114 heavy (non-hydrogen) atoms. The summed E-state index contributed by atoms with van der Waals surface area (Å²) in [5.41, 5.74) is 18.5. The quantitative estimate of drug-likeness (QED) is 0.0207. The third-order valence-electron chi connectivity index (χ3n) is 18.4. The Kier molecular flexibility index (Phi) is 23.1. The molecule has 0 spiro atoms. The fourth-order valence-corrected chi connectivity index (χ4v) is 17.9. The van der Waals surface area contributed by atoms with Gasteiger partial charge in [-0.25, -0.2) is 76.3 Å². The highest BCUT2D eigenvalue weighted by Crippen LogP contribution is 2.57. The number of halogens is 2. The smallest absolute Gasteiger partial charge is 0.382 e. The van der Waals surface area contributed by atoms with Crippen molar-refractivity contribution in [3.63, 3.8) is 0 Å². The number of nitrogens with zero attached hydrogens (tertiary/aromatic N) is 15. The number of hydrogen-bond donors (Lipinski definition) is 13. The van der Waals surface area contributed by atoms with E-state index in [1.807, 2.05) is 4.98 Å². The van der Waals surface area contributed by atoms with Crippen molar-refractivity contribution in [2.45, 2.75) is 136 Å². The number of nitrogens with two attached hydrogens (primary N) is 4. The van der Waals surface area contributed by atoms with E-state index in [1.165, 1.54) is 18.0 Å². The van der Waals surface area contributed by atoms with Crippen LogP contribution in [0.5, 0.6) is 0 Å². The summed E-state index contributed by atoms with van der Waals surface area (Å²) in [6.07, 6.45) is -31.0. The normalized spacial score (nSPS) is 30.9. The number of hydrogen-bond acceptors (Lipinski definition) is 40. The van der Waals surface area contributed by atoms with Gasteiger partial charge in [0.05, 0.1) is 57.8 Å². The largest absolute Gasteiger partial charge is 0.472 e. The highest BCUT2D eigenvalue weighted by atomic mass is 31.2. The number of aromatic amines is 3. The van der Waals surface area contributed by atoms with Crippen LogP contribution in [0.3, 0.4) is 0 Å². The summed E-state index contributed by atoms with van der Waals surface area (Å²) in [5, 5.41) is 0. The first kappa shape index (κ1) is 82.3. The number of aromatic nitrogens is 18. The van der Waals surface area contributed by atoms with E-state index in [9.17, 15) is 71.4 Å². The van der Waals surface area contributed by atoms with E-state index >= 15 is 8.78 Å². The van der Waals surface area contributed by atoms with Crippen molar-refractivity contribution in [2.75, 3.05) is 70.7 Å². The first-order chi connectivity index (χ1) is 54.0. The van der Waals surface area contributed by atoms with Gasteiger partial charge in [0.15, 0.2) is 88.7 Å². The lowest BCUT2D eigenvalue weighted by Gasteiger charge is -2.28. The average molecular weight is 1720 g/mol. The van der Waals surface area contributed by atoms with Crippen molar-refractivity contribution in [3.05, 3.63) is 91.8 Å². The number of phosphoric ester groups is 5. The molecule has 0 aromatic carbocycles. The molecule has 0 saturated carbocycles. The number of H-pyrrole nitrogens is 3. The van der Waals surface area contributed by atoms with E-state index < -0.39 is 228 Å². The summed E-state index contributed by atoms with van der Waals surface area (Å²) in [4.78, 5) is 164. The highest BCUT2D eigenvalue weighted by molar-refractivity contribution is 7.48. The van der Waals surface area contributed by atoms with Crippen LogP contribution in [0.4, 0.5) is 32.3 Å². The standard InChI is InChI=1S/C53H67F2N22O32P5/c1-5-18-32(35(93-2)50(100-18)77-17-67-29-43(77)70-52(59)72-45(29)80)107-112(87,88)99-10-21-33(36(94-3)48(103-21)73-7-6-23(78)68-53(73)81)108-114(91,92)97-9-20-31(25(55)47(102-20)76-16-66-28-42(76)69-51(58)71-44(28)79)106-111(85,86)98-11-22-34(37(95-4)49(104-22)75-15-65-27-39(57)61-13-63-41(27)75)109-113(89,90)96-8-19-30(105-110(82,83)84)24(54)46(101-19)74-14-64-26-38(56)60-12-62-40(26)74/h6-7,12-22,24-25,30-37,46-50H,5,8-11H2,1-4H3,(H,85,86)(H,87,88)(H,89,90)(H,91,92)(H2,56,60,62)(H2,57,61,63)(H,68,78,81)(H2,82,83,84)(H3,58,69,71,79)(H3,59,70,72,80)/t18-,19-,20-,21-,22-,24+,25+,30?,31?,32?,33?,34?,35+,36+,37+,46-,47-,48-,49-,50-/m1/s1. The number of anilines is 4. The minimum absolute atomic E-state index is 0.0236. The molecule has 0 radical (unpaired) electrons. The van der Waals surface area contributed by atoms with Crippen LogP contribution < -0.4 is 45.3 Å². The third kappa shape index (κ3) is 16.5. The van der Waals surface area contributed by atoms with Gasteiger partial charge >= 0.3 is 44.8 Å². The summed E-state index contributed by atoms with van der Waals surface area (Å²) in [6, 6.07) is 0.877. The number of ether oxygens (including phenoxy) is 8. The van der Waals surface area contributed by atoms with Crippen LogP contribution in [0.1, 0.15) is 44.5 Å². The Hall–Kier alpha value is -8.23. The van der Waals surface area contributed by atoms with E-state index in [4.69, 9.17) is 102 Å². The van der Waals surface area contributed by atoms with Crippen LogP contribution in [-0.2, 0) is 101 Å². The van der Waals surface area contributed by atoms with Crippen molar-refractivity contribution in [3.8, 4) is 0 Å². The molecule has 0 aliphatic carbocycles. The molecule has 54 nitrogen and oxygen atoms in total. The van der Waals surface area contributed by atoms with E-state index in [0.29, 0.717) is 0 Å². The molecule has 5 aliphatic heterocycles. The topological polar surface area (TPSA) is 737 Å². The minimum atomic E-state index is -5.98. The predicted molar refractivity (Wildman–Crippen MR) is 367 cm³/mol.